The first kappa shape index (κ1) is 23.6. The van der Waals surface area contributed by atoms with Gasteiger partial charge in [0, 0.05) is 19.7 Å². The molecule has 1 amide bonds. The molecule has 11 heteroatoms. The van der Waals surface area contributed by atoms with E-state index in [0.29, 0.717) is 28.8 Å². The lowest BCUT2D eigenvalue weighted by atomic mass is 10.2. The predicted octanol–water partition coefficient (Wildman–Crippen LogP) is 1.02. The smallest absolute Gasteiger partial charge is 0.343 e. The SMILES string of the molecule is CN(C)C(=O)c1ccc(OC(=O)c2ccc(N=C(N)N)cc2)cc1.CS(=O)(=O)O. The summed E-state index contributed by atoms with van der Waals surface area (Å²) < 4.78 is 31.1. The quantitative estimate of drug-likeness (QED) is 0.216. The van der Waals surface area contributed by atoms with Crippen molar-refractivity contribution < 1.29 is 27.3 Å². The molecule has 0 aromatic heterocycles. The van der Waals surface area contributed by atoms with Gasteiger partial charge < -0.3 is 21.1 Å². The molecule has 5 N–H and O–H groups in total. The van der Waals surface area contributed by atoms with Gasteiger partial charge in [-0.2, -0.15) is 8.42 Å². The summed E-state index contributed by atoms with van der Waals surface area (Å²) in [5, 5.41) is 0. The first-order valence-corrected chi connectivity index (χ1v) is 9.87. The van der Waals surface area contributed by atoms with Crippen molar-refractivity contribution in [2.75, 3.05) is 20.4 Å². The van der Waals surface area contributed by atoms with Crippen LogP contribution in [0.4, 0.5) is 5.69 Å². The van der Waals surface area contributed by atoms with Crippen molar-refractivity contribution in [3.05, 3.63) is 59.7 Å². The molecular formula is C18H22N4O6S. The molecule has 29 heavy (non-hydrogen) atoms. The highest BCUT2D eigenvalue weighted by molar-refractivity contribution is 7.85. The fourth-order valence-electron chi connectivity index (χ4n) is 1.91. The van der Waals surface area contributed by atoms with Crippen LogP contribution in [0.15, 0.2) is 53.5 Å². The van der Waals surface area contributed by atoms with Crippen molar-refractivity contribution in [1.29, 1.82) is 0 Å². The van der Waals surface area contributed by atoms with E-state index in [-0.39, 0.29) is 11.9 Å². The van der Waals surface area contributed by atoms with Crippen molar-refractivity contribution >= 4 is 33.6 Å². The van der Waals surface area contributed by atoms with E-state index in [0.717, 1.165) is 0 Å². The molecule has 0 aliphatic heterocycles. The second-order valence-corrected chi connectivity index (χ2v) is 7.40. The number of nitrogens with zero attached hydrogens (tertiary/aromatic N) is 2. The minimum Gasteiger partial charge on any atom is -0.423 e. The fraction of sp³-hybridized carbons (Fsp3) is 0.167. The maximum atomic E-state index is 12.1. The predicted molar refractivity (Wildman–Crippen MR) is 109 cm³/mol. The fourth-order valence-corrected chi connectivity index (χ4v) is 1.91. The van der Waals surface area contributed by atoms with Gasteiger partial charge in [0.25, 0.3) is 16.0 Å². The molecule has 0 aliphatic rings. The van der Waals surface area contributed by atoms with E-state index >= 15 is 0 Å². The third kappa shape index (κ3) is 9.35. The summed E-state index contributed by atoms with van der Waals surface area (Å²) >= 11 is 0. The summed E-state index contributed by atoms with van der Waals surface area (Å²) in [5.74, 6) is -0.345. The molecule has 10 nitrogen and oxygen atoms in total. The molecule has 0 saturated carbocycles. The van der Waals surface area contributed by atoms with Gasteiger partial charge >= 0.3 is 5.97 Å². The first-order chi connectivity index (χ1) is 13.4. The van der Waals surface area contributed by atoms with Gasteiger partial charge in [-0.1, -0.05) is 0 Å². The minimum atomic E-state index is -3.67. The number of ether oxygens (including phenoxy) is 1. The molecule has 0 atom stereocenters. The van der Waals surface area contributed by atoms with Crippen molar-refractivity contribution in [1.82, 2.24) is 4.90 Å². The number of hydrogen-bond acceptors (Lipinski definition) is 6. The van der Waals surface area contributed by atoms with E-state index in [1.807, 2.05) is 0 Å². The molecular weight excluding hydrogens is 400 g/mol. The molecule has 156 valence electrons. The zero-order valence-corrected chi connectivity index (χ0v) is 16.9. The Hall–Kier alpha value is -3.44. The number of nitrogens with two attached hydrogens (primary N) is 2. The van der Waals surface area contributed by atoms with Crippen molar-refractivity contribution in [3.63, 3.8) is 0 Å². The third-order valence-electron chi connectivity index (χ3n) is 3.08. The van der Waals surface area contributed by atoms with Crippen LogP contribution in [0, 0.1) is 0 Å². The van der Waals surface area contributed by atoms with Crippen LogP contribution in [0.5, 0.6) is 5.75 Å². The average Bonchev–Trinajstić information content (AvgIpc) is 2.60. The number of guanidine groups is 1. The molecule has 2 aromatic rings. The highest BCUT2D eigenvalue weighted by atomic mass is 32.2. The largest absolute Gasteiger partial charge is 0.423 e. The van der Waals surface area contributed by atoms with Crippen molar-refractivity contribution in [2.24, 2.45) is 16.5 Å². The lowest BCUT2D eigenvalue weighted by Gasteiger charge is -2.10. The molecule has 0 aliphatic carbocycles. The summed E-state index contributed by atoms with van der Waals surface area (Å²) in [6.07, 6.45) is 0.715. The maximum Gasteiger partial charge on any atom is 0.343 e. The van der Waals surface area contributed by atoms with E-state index in [9.17, 15) is 18.0 Å². The summed E-state index contributed by atoms with van der Waals surface area (Å²) in [4.78, 5) is 29.2. The first-order valence-electron chi connectivity index (χ1n) is 8.03. The van der Waals surface area contributed by atoms with Gasteiger partial charge in [-0.15, -0.1) is 0 Å². The van der Waals surface area contributed by atoms with Crippen LogP contribution >= 0.6 is 0 Å². The second kappa shape index (κ2) is 10.2. The Balaban J connectivity index is 0.000000749. The van der Waals surface area contributed by atoms with Gasteiger partial charge in [0.2, 0.25) is 0 Å². The Morgan fingerprint density at radius 2 is 1.41 bits per heavy atom. The van der Waals surface area contributed by atoms with Crippen LogP contribution in [-0.4, -0.2) is 56.1 Å². The van der Waals surface area contributed by atoms with Gasteiger partial charge in [-0.3, -0.25) is 9.35 Å². The Morgan fingerprint density at radius 1 is 0.966 bits per heavy atom. The Labute approximate surface area is 168 Å². The van der Waals surface area contributed by atoms with Crippen LogP contribution in [0.2, 0.25) is 0 Å². The van der Waals surface area contributed by atoms with Crippen LogP contribution in [0.3, 0.4) is 0 Å². The van der Waals surface area contributed by atoms with Gasteiger partial charge in [0.05, 0.1) is 17.5 Å². The second-order valence-electron chi connectivity index (χ2n) is 5.93. The van der Waals surface area contributed by atoms with E-state index in [2.05, 4.69) is 4.99 Å². The van der Waals surface area contributed by atoms with Gasteiger partial charge in [0.15, 0.2) is 5.96 Å². The van der Waals surface area contributed by atoms with Crippen LogP contribution in [0.1, 0.15) is 20.7 Å². The van der Waals surface area contributed by atoms with E-state index in [1.165, 1.54) is 4.90 Å². The number of carbonyl (C=O) groups is 2. The maximum absolute atomic E-state index is 12.1. The molecule has 0 heterocycles. The number of rotatable bonds is 4. The van der Waals surface area contributed by atoms with Crippen LogP contribution < -0.4 is 16.2 Å². The third-order valence-corrected chi connectivity index (χ3v) is 3.08. The Morgan fingerprint density at radius 3 is 1.83 bits per heavy atom. The van der Waals surface area contributed by atoms with Crippen molar-refractivity contribution in [3.8, 4) is 5.75 Å². The summed E-state index contributed by atoms with van der Waals surface area (Å²) in [7, 11) is -0.329. The number of esters is 1. The number of aliphatic imine (C=N–C) groups is 1. The summed E-state index contributed by atoms with van der Waals surface area (Å²) in [5.41, 5.74) is 12.0. The lowest BCUT2D eigenvalue weighted by Crippen LogP contribution is -2.21. The molecule has 0 bridgehead atoms. The monoisotopic (exact) mass is 422 g/mol. The molecule has 0 radical (unpaired) electrons. The number of carbonyl (C=O) groups excluding carboxylic acids is 2. The summed E-state index contributed by atoms with van der Waals surface area (Å²) in [6.45, 7) is 0. The Bertz CT molecular complexity index is 972. The molecule has 2 aromatic carbocycles. The zero-order valence-electron chi connectivity index (χ0n) is 16.1. The van der Waals surface area contributed by atoms with E-state index in [4.69, 9.17) is 20.8 Å². The normalized spacial score (nSPS) is 10.2. The van der Waals surface area contributed by atoms with Crippen molar-refractivity contribution in [2.45, 2.75) is 0 Å². The van der Waals surface area contributed by atoms with Crippen LogP contribution in [0.25, 0.3) is 0 Å². The number of amides is 1. The van der Waals surface area contributed by atoms with Crippen LogP contribution in [-0.2, 0) is 10.1 Å². The standard InChI is InChI=1S/C17H18N4O3.CH4O3S/c1-21(2)15(22)11-5-9-14(10-6-11)24-16(23)12-3-7-13(8-4-12)20-17(18)19;1-5(2,3)4/h3-10H,1-2H3,(H4,18,19,20);1H3,(H,2,3,4). The lowest BCUT2D eigenvalue weighted by molar-refractivity contribution is 0.0734. The molecule has 0 spiro atoms. The topological polar surface area (TPSA) is 165 Å². The molecule has 0 unspecified atom stereocenters. The highest BCUT2D eigenvalue weighted by Gasteiger charge is 2.11. The Kier molecular flexibility index (Phi) is 8.30. The van der Waals surface area contributed by atoms with E-state index < -0.39 is 16.1 Å². The minimum absolute atomic E-state index is 0.0577. The highest BCUT2D eigenvalue weighted by Crippen LogP contribution is 2.17. The zero-order chi connectivity index (χ0) is 22.2. The average molecular weight is 422 g/mol. The summed E-state index contributed by atoms with van der Waals surface area (Å²) in [6, 6.07) is 12.7. The van der Waals surface area contributed by atoms with Gasteiger partial charge in [-0.25, -0.2) is 9.79 Å². The van der Waals surface area contributed by atoms with Gasteiger partial charge in [0.1, 0.15) is 5.75 Å². The molecule has 2 rings (SSSR count). The number of hydrogen-bond donors (Lipinski definition) is 3. The van der Waals surface area contributed by atoms with Gasteiger partial charge in [-0.05, 0) is 48.5 Å². The van der Waals surface area contributed by atoms with E-state index in [1.54, 1.807) is 62.6 Å². The number of benzene rings is 2. The molecule has 0 saturated heterocycles. The molecule has 0 fully saturated rings.